The summed E-state index contributed by atoms with van der Waals surface area (Å²) in [5.74, 6) is 0.997. The molecule has 2 rings (SSSR count). The lowest BCUT2D eigenvalue weighted by molar-refractivity contribution is 0.0674. The molecule has 0 heterocycles. The molecule has 104 valence electrons. The zero-order valence-corrected chi connectivity index (χ0v) is 12.7. The smallest absolute Gasteiger partial charge is 0.253 e. The highest BCUT2D eigenvalue weighted by Gasteiger charge is 2.26. The van der Waals surface area contributed by atoms with E-state index in [1.807, 2.05) is 36.2 Å². The Morgan fingerprint density at radius 3 is 2.32 bits per heavy atom. The van der Waals surface area contributed by atoms with Gasteiger partial charge in [0, 0.05) is 23.5 Å². The number of rotatable bonds is 3. The number of hydrogen-bond acceptors (Lipinski definition) is 2. The summed E-state index contributed by atoms with van der Waals surface area (Å²) in [4.78, 5) is 15.2. The average Bonchev–Trinajstić information content (AvgIpc) is 2.46. The molecule has 1 aromatic carbocycles. The first kappa shape index (κ1) is 14.4. The first-order chi connectivity index (χ1) is 9.11. The highest BCUT2D eigenvalue weighted by atomic mass is 32.1. The Bertz CT molecular complexity index is 421. The van der Waals surface area contributed by atoms with Gasteiger partial charge in [-0.15, -0.1) is 12.6 Å². The molecular formula is C16H23NOS. The molecule has 1 amide bonds. The summed E-state index contributed by atoms with van der Waals surface area (Å²) in [5.41, 5.74) is 0.762. The molecule has 1 aliphatic carbocycles. The van der Waals surface area contributed by atoms with Crippen LogP contribution < -0.4 is 0 Å². The van der Waals surface area contributed by atoms with Crippen molar-refractivity contribution >= 4 is 18.5 Å². The molecule has 19 heavy (non-hydrogen) atoms. The number of carbonyl (C=O) groups excluding carboxylic acids is 1. The first-order valence-corrected chi connectivity index (χ1v) is 7.62. The lowest BCUT2D eigenvalue weighted by Crippen LogP contribution is -2.39. The van der Waals surface area contributed by atoms with Crippen molar-refractivity contribution in [3.05, 3.63) is 29.8 Å². The van der Waals surface area contributed by atoms with Gasteiger partial charge in [0.25, 0.3) is 5.91 Å². The molecule has 0 saturated heterocycles. The van der Waals surface area contributed by atoms with E-state index in [2.05, 4.69) is 19.6 Å². The lowest BCUT2D eigenvalue weighted by atomic mass is 9.84. The Hall–Kier alpha value is -0.960. The normalized spacial score (nSPS) is 23.1. The first-order valence-electron chi connectivity index (χ1n) is 7.18. The molecule has 0 spiro atoms. The van der Waals surface area contributed by atoms with Crippen molar-refractivity contribution in [1.29, 1.82) is 0 Å². The number of carbonyl (C=O) groups is 1. The van der Waals surface area contributed by atoms with Crippen LogP contribution in [0.1, 0.15) is 49.4 Å². The third-order valence-corrected chi connectivity index (χ3v) is 4.67. The number of benzene rings is 1. The Kier molecular flexibility index (Phi) is 4.92. The van der Waals surface area contributed by atoms with E-state index in [9.17, 15) is 4.79 Å². The maximum atomic E-state index is 12.4. The highest BCUT2D eigenvalue weighted by molar-refractivity contribution is 7.80. The minimum Gasteiger partial charge on any atom is -0.339 e. The molecule has 0 atom stereocenters. The van der Waals surface area contributed by atoms with Gasteiger partial charge >= 0.3 is 0 Å². The fraction of sp³-hybridized carbons (Fsp3) is 0.562. The van der Waals surface area contributed by atoms with Crippen LogP contribution in [0.2, 0.25) is 0 Å². The van der Waals surface area contributed by atoms with E-state index in [1.54, 1.807) is 0 Å². The largest absolute Gasteiger partial charge is 0.339 e. The molecule has 1 fully saturated rings. The van der Waals surface area contributed by atoms with Gasteiger partial charge in [-0.25, -0.2) is 0 Å². The van der Waals surface area contributed by atoms with Crippen molar-refractivity contribution in [2.75, 3.05) is 7.05 Å². The molecule has 0 aromatic heterocycles. The SMILES string of the molecule is CCC1CCC(N(C)C(=O)c2ccc(S)cc2)CC1. The maximum absolute atomic E-state index is 12.4. The van der Waals surface area contributed by atoms with Crippen LogP contribution in [0.4, 0.5) is 0 Å². The molecule has 1 aliphatic rings. The Morgan fingerprint density at radius 2 is 1.79 bits per heavy atom. The second-order valence-corrected chi connectivity index (χ2v) is 6.06. The standard InChI is InChI=1S/C16H23NOS/c1-3-12-4-8-14(9-5-12)17(2)16(18)13-6-10-15(19)11-7-13/h6-7,10-12,14,19H,3-5,8-9H2,1-2H3. The van der Waals surface area contributed by atoms with Gasteiger partial charge in [0.1, 0.15) is 0 Å². The van der Waals surface area contributed by atoms with Gasteiger partial charge in [0.2, 0.25) is 0 Å². The number of nitrogens with zero attached hydrogens (tertiary/aromatic N) is 1. The van der Waals surface area contributed by atoms with Crippen LogP contribution in [0.25, 0.3) is 0 Å². The molecule has 3 heteroatoms. The highest BCUT2D eigenvalue weighted by Crippen LogP contribution is 2.29. The van der Waals surface area contributed by atoms with Crippen molar-refractivity contribution < 1.29 is 4.79 Å². The fourth-order valence-corrected chi connectivity index (χ4v) is 3.06. The zero-order chi connectivity index (χ0) is 13.8. The predicted molar refractivity (Wildman–Crippen MR) is 81.8 cm³/mol. The molecule has 0 N–H and O–H groups in total. The third kappa shape index (κ3) is 3.53. The second-order valence-electron chi connectivity index (χ2n) is 5.55. The number of hydrogen-bond donors (Lipinski definition) is 1. The predicted octanol–water partition coefficient (Wildman–Crippen LogP) is 4.02. The van der Waals surface area contributed by atoms with Gasteiger partial charge in [0.15, 0.2) is 0 Å². The van der Waals surface area contributed by atoms with Crippen LogP contribution in [0.5, 0.6) is 0 Å². The van der Waals surface area contributed by atoms with Crippen LogP contribution >= 0.6 is 12.6 Å². The quantitative estimate of drug-likeness (QED) is 0.828. The molecule has 1 saturated carbocycles. The van der Waals surface area contributed by atoms with Gasteiger partial charge in [-0.2, -0.15) is 0 Å². The molecule has 0 bridgehead atoms. The van der Waals surface area contributed by atoms with E-state index in [-0.39, 0.29) is 5.91 Å². The summed E-state index contributed by atoms with van der Waals surface area (Å²) >= 11 is 4.25. The molecule has 0 radical (unpaired) electrons. The van der Waals surface area contributed by atoms with E-state index in [4.69, 9.17) is 0 Å². The molecule has 2 nitrogen and oxygen atoms in total. The maximum Gasteiger partial charge on any atom is 0.253 e. The Labute approximate surface area is 121 Å². The summed E-state index contributed by atoms with van der Waals surface area (Å²) < 4.78 is 0. The van der Waals surface area contributed by atoms with Crippen molar-refractivity contribution in [1.82, 2.24) is 4.90 Å². The average molecular weight is 277 g/mol. The van der Waals surface area contributed by atoms with Crippen LogP contribution in [0.3, 0.4) is 0 Å². The molecular weight excluding hydrogens is 254 g/mol. The zero-order valence-electron chi connectivity index (χ0n) is 11.8. The summed E-state index contributed by atoms with van der Waals surface area (Å²) in [6.45, 7) is 2.26. The van der Waals surface area contributed by atoms with Crippen LogP contribution in [0, 0.1) is 5.92 Å². The van der Waals surface area contributed by atoms with Crippen LogP contribution in [-0.4, -0.2) is 23.9 Å². The van der Waals surface area contributed by atoms with E-state index >= 15 is 0 Å². The van der Waals surface area contributed by atoms with E-state index < -0.39 is 0 Å². The van der Waals surface area contributed by atoms with Gasteiger partial charge in [-0.05, 0) is 55.9 Å². The van der Waals surface area contributed by atoms with Crippen LogP contribution in [-0.2, 0) is 0 Å². The fourth-order valence-electron chi connectivity index (χ4n) is 2.91. The Balaban J connectivity index is 1.98. The minimum atomic E-state index is 0.133. The van der Waals surface area contributed by atoms with Gasteiger partial charge < -0.3 is 4.90 Å². The van der Waals surface area contributed by atoms with E-state index in [1.165, 1.54) is 19.3 Å². The van der Waals surface area contributed by atoms with Gasteiger partial charge in [0.05, 0.1) is 0 Å². The van der Waals surface area contributed by atoms with E-state index in [0.717, 1.165) is 29.2 Å². The minimum absolute atomic E-state index is 0.133. The monoisotopic (exact) mass is 277 g/mol. The summed E-state index contributed by atoms with van der Waals surface area (Å²) in [6.07, 6.45) is 6.08. The summed E-state index contributed by atoms with van der Waals surface area (Å²) in [7, 11) is 1.94. The molecule has 0 unspecified atom stereocenters. The van der Waals surface area contributed by atoms with Crippen molar-refractivity contribution in [3.8, 4) is 0 Å². The van der Waals surface area contributed by atoms with Crippen LogP contribution in [0.15, 0.2) is 29.2 Å². The third-order valence-electron chi connectivity index (χ3n) is 4.38. The lowest BCUT2D eigenvalue weighted by Gasteiger charge is -2.34. The topological polar surface area (TPSA) is 20.3 Å². The molecule has 1 aromatic rings. The Morgan fingerprint density at radius 1 is 1.21 bits per heavy atom. The van der Waals surface area contributed by atoms with Crippen molar-refractivity contribution in [3.63, 3.8) is 0 Å². The number of thiol groups is 1. The van der Waals surface area contributed by atoms with Crippen molar-refractivity contribution in [2.24, 2.45) is 5.92 Å². The second kappa shape index (κ2) is 6.47. The van der Waals surface area contributed by atoms with Gasteiger partial charge in [-0.1, -0.05) is 13.3 Å². The summed E-state index contributed by atoms with van der Waals surface area (Å²) in [5, 5.41) is 0. The van der Waals surface area contributed by atoms with Gasteiger partial charge in [-0.3, -0.25) is 4.79 Å². The van der Waals surface area contributed by atoms with E-state index in [0.29, 0.717) is 6.04 Å². The summed E-state index contributed by atoms with van der Waals surface area (Å²) in [6, 6.07) is 7.87. The number of amides is 1. The van der Waals surface area contributed by atoms with Crippen molar-refractivity contribution in [2.45, 2.75) is 50.0 Å². The molecule has 0 aliphatic heterocycles.